The van der Waals surface area contributed by atoms with Gasteiger partial charge in [-0.3, -0.25) is 0 Å². The molecule has 0 amide bonds. The van der Waals surface area contributed by atoms with Gasteiger partial charge in [-0.1, -0.05) is 0 Å². The summed E-state index contributed by atoms with van der Waals surface area (Å²) >= 11 is 0. The van der Waals surface area contributed by atoms with Crippen LogP contribution in [0.25, 0.3) is 0 Å². The first-order chi connectivity index (χ1) is 0. The summed E-state index contributed by atoms with van der Waals surface area (Å²) in [5.41, 5.74) is 0. The molecule has 3 radical (unpaired) electrons. The van der Waals surface area contributed by atoms with Crippen molar-refractivity contribution in [1.82, 2.24) is 0 Å². The van der Waals surface area contributed by atoms with E-state index in [0.29, 0.717) is 0 Å². The molecule has 0 spiro atoms. The molecule has 0 aliphatic heterocycles. The van der Waals surface area contributed by atoms with Gasteiger partial charge in [0.05, 0.1) is 0 Å². The van der Waals surface area contributed by atoms with Crippen molar-refractivity contribution < 1.29 is 86.9 Å². The molecule has 0 fully saturated rings. The number of hydrogen-bond acceptors (Lipinski definition) is 0. The molecule has 0 bridgehead atoms. The van der Waals surface area contributed by atoms with Gasteiger partial charge in [0.1, 0.15) is 0 Å². The topological polar surface area (TPSA) is 0 Å². The van der Waals surface area contributed by atoms with Crippen molar-refractivity contribution in [2.45, 2.75) is 0 Å². The summed E-state index contributed by atoms with van der Waals surface area (Å²) in [5, 5.41) is 0. The molecule has 0 aliphatic rings. The molecule has 0 saturated heterocycles. The smallest absolute Gasteiger partial charge is 0 e. The summed E-state index contributed by atoms with van der Waals surface area (Å²) in [7, 11) is 0. The molecular formula is H3AlCoCuMnNiZn. The zero-order valence-corrected chi connectivity index (χ0v) is 9.15. The first-order valence-electron chi connectivity index (χ1n) is 0. The third-order valence-electron chi connectivity index (χ3n) is 0. The average Bonchev–Trinajstić information content (AvgIpc) is 0. The van der Waals surface area contributed by atoms with Crippen LogP contribution in [0.2, 0.25) is 0 Å². The zero-order chi connectivity index (χ0) is 0. The molecule has 0 N–H and O–H groups in total. The van der Waals surface area contributed by atoms with E-state index in [0.717, 1.165) is 0 Å². The fourth-order valence-electron chi connectivity index (χ4n) is 0. The Morgan fingerprint density at radius 3 is 1.00 bits per heavy atom. The maximum atomic E-state index is 0. The summed E-state index contributed by atoms with van der Waals surface area (Å²) in [4.78, 5) is 0. The van der Waals surface area contributed by atoms with Gasteiger partial charge in [0.15, 0.2) is 17.4 Å². The van der Waals surface area contributed by atoms with Crippen LogP contribution in [0.3, 0.4) is 0 Å². The summed E-state index contributed by atoms with van der Waals surface area (Å²) in [6, 6.07) is 0. The average molecular weight is 332 g/mol. The van der Waals surface area contributed by atoms with Gasteiger partial charge in [-0.15, -0.1) is 0 Å². The van der Waals surface area contributed by atoms with E-state index in [1.165, 1.54) is 0 Å². The predicted octanol–water partition coefficient (Wildman–Crippen LogP) is -1.20. The molecule has 0 nitrogen and oxygen atoms in total. The van der Waals surface area contributed by atoms with Gasteiger partial charge in [-0.2, -0.15) is 0 Å². The van der Waals surface area contributed by atoms with Crippen molar-refractivity contribution in [3.63, 3.8) is 0 Å². The summed E-state index contributed by atoms with van der Waals surface area (Å²) < 4.78 is 0. The Balaban J connectivity index is 0. The molecule has 45 valence electrons. The van der Waals surface area contributed by atoms with Crippen LogP contribution in [0, 0.1) is 0 Å². The van der Waals surface area contributed by atoms with Crippen molar-refractivity contribution in [2.24, 2.45) is 0 Å². The Labute approximate surface area is 103 Å². The van der Waals surface area contributed by atoms with Crippen LogP contribution >= 0.6 is 0 Å². The summed E-state index contributed by atoms with van der Waals surface area (Å²) in [6.07, 6.45) is 0. The SMILES string of the molecule is [AlH3].[Co].[Cu].[Mn].[Ni].[Zn]. The molecule has 0 unspecified atom stereocenters. The first-order valence-corrected chi connectivity index (χ1v) is 0. The minimum Gasteiger partial charge on any atom is 0 e. The quantitative estimate of drug-likeness (QED) is 0.490. The second-order valence-corrected chi connectivity index (χ2v) is 0. The van der Waals surface area contributed by atoms with Crippen LogP contribution in [0.4, 0.5) is 0 Å². The molecule has 0 aromatic rings. The minimum absolute atomic E-state index is 0. The second-order valence-electron chi connectivity index (χ2n) is 0. The zero-order valence-electron chi connectivity index (χ0n) is 2.04. The molecular weight excluding hydrogens is 328 g/mol. The Morgan fingerprint density at radius 1 is 1.00 bits per heavy atom. The Hall–Kier alpha value is 3.19. The Bertz CT molecular complexity index is 15.5. The van der Waals surface area contributed by atoms with E-state index in [1.54, 1.807) is 0 Å². The molecule has 0 rings (SSSR count). The maximum Gasteiger partial charge on any atom is 0.187 e. The fourth-order valence-corrected chi connectivity index (χ4v) is 0. The number of hydrogen-bond donors (Lipinski definition) is 0. The third-order valence-corrected chi connectivity index (χ3v) is 0. The van der Waals surface area contributed by atoms with Gasteiger partial charge in [0.2, 0.25) is 0 Å². The van der Waals surface area contributed by atoms with Crippen LogP contribution in [-0.2, 0) is 86.9 Å². The van der Waals surface area contributed by atoms with E-state index < -0.39 is 0 Å². The van der Waals surface area contributed by atoms with Crippen LogP contribution in [0.1, 0.15) is 0 Å². The van der Waals surface area contributed by atoms with Crippen LogP contribution in [-0.4, -0.2) is 17.4 Å². The van der Waals surface area contributed by atoms with E-state index >= 15 is 0 Å². The van der Waals surface area contributed by atoms with Gasteiger partial charge in [-0.25, -0.2) is 0 Å². The Morgan fingerprint density at radius 2 is 1.00 bits per heavy atom. The van der Waals surface area contributed by atoms with Gasteiger partial charge in [-0.05, 0) is 0 Å². The van der Waals surface area contributed by atoms with Crippen LogP contribution < -0.4 is 0 Å². The fraction of sp³-hybridized carbons (Fsp3) is 0. The van der Waals surface area contributed by atoms with Crippen LogP contribution in [0.15, 0.2) is 0 Å². The molecule has 0 aromatic carbocycles. The van der Waals surface area contributed by atoms with E-state index in [1.807, 2.05) is 0 Å². The first kappa shape index (κ1) is 60.5. The van der Waals surface area contributed by atoms with Gasteiger partial charge >= 0.3 is 0 Å². The van der Waals surface area contributed by atoms with E-state index in [4.69, 9.17) is 0 Å². The van der Waals surface area contributed by atoms with Crippen molar-refractivity contribution in [3.05, 3.63) is 0 Å². The number of rotatable bonds is 0. The molecule has 6 heteroatoms. The second kappa shape index (κ2) is 41.6. The molecule has 0 heterocycles. The standard InChI is InChI=1S/Al.Co.Cu.Mn.Ni.Zn.3H. The monoisotopic (exact) mass is 329 g/mol. The normalized spacial score (nSPS) is 0. The molecule has 0 aromatic heterocycles. The van der Waals surface area contributed by atoms with Gasteiger partial charge in [0, 0.05) is 86.9 Å². The van der Waals surface area contributed by atoms with Crippen molar-refractivity contribution in [1.29, 1.82) is 0 Å². The van der Waals surface area contributed by atoms with Crippen molar-refractivity contribution in [2.75, 3.05) is 0 Å². The third kappa shape index (κ3) is 27.1. The molecule has 0 saturated carbocycles. The van der Waals surface area contributed by atoms with E-state index in [-0.39, 0.29) is 104 Å². The summed E-state index contributed by atoms with van der Waals surface area (Å²) in [5.74, 6) is 0. The largest absolute Gasteiger partial charge is 0.187 e. The van der Waals surface area contributed by atoms with E-state index in [9.17, 15) is 0 Å². The predicted molar refractivity (Wildman–Crippen MR) is 9.94 cm³/mol. The van der Waals surface area contributed by atoms with E-state index in [2.05, 4.69) is 0 Å². The maximum absolute atomic E-state index is 0. The Kier molecular flexibility index (Phi) is 419. The van der Waals surface area contributed by atoms with Crippen molar-refractivity contribution >= 4 is 17.4 Å². The summed E-state index contributed by atoms with van der Waals surface area (Å²) in [6.45, 7) is 0. The van der Waals surface area contributed by atoms with Crippen molar-refractivity contribution in [3.8, 4) is 0 Å². The van der Waals surface area contributed by atoms with Gasteiger partial charge < -0.3 is 0 Å². The van der Waals surface area contributed by atoms with Gasteiger partial charge in [0.25, 0.3) is 0 Å². The molecule has 0 atom stereocenters. The van der Waals surface area contributed by atoms with Crippen LogP contribution in [0.5, 0.6) is 0 Å². The molecule has 6 heavy (non-hydrogen) atoms. The molecule has 0 aliphatic carbocycles. The minimum atomic E-state index is 0.